The molecule has 1 aliphatic rings. The monoisotopic (exact) mass is 336 g/mol. The van der Waals surface area contributed by atoms with Crippen molar-refractivity contribution >= 4 is 17.5 Å². The Morgan fingerprint density at radius 3 is 2.62 bits per heavy atom. The summed E-state index contributed by atoms with van der Waals surface area (Å²) in [7, 11) is 1.65. The third-order valence-electron chi connectivity index (χ3n) is 3.66. The van der Waals surface area contributed by atoms with Gasteiger partial charge in [-0.3, -0.25) is 10.1 Å². The van der Waals surface area contributed by atoms with Gasteiger partial charge in [-0.15, -0.1) is 0 Å². The Labute approximate surface area is 141 Å². The van der Waals surface area contributed by atoms with E-state index in [0.717, 1.165) is 5.56 Å². The lowest BCUT2D eigenvalue weighted by molar-refractivity contribution is -0.384. The molecular formula is C16H24N4O4. The van der Waals surface area contributed by atoms with Crippen LogP contribution < -0.4 is 10.6 Å². The van der Waals surface area contributed by atoms with Crippen LogP contribution in [0, 0.1) is 10.1 Å². The Kier molecular flexibility index (Phi) is 5.28. The molecule has 0 radical (unpaired) electrons. The molecule has 1 aliphatic heterocycles. The summed E-state index contributed by atoms with van der Waals surface area (Å²) >= 11 is 0. The number of hydrogen-bond acceptors (Lipinski definition) is 6. The number of nitrogens with one attached hydrogen (secondary N) is 2. The van der Waals surface area contributed by atoms with Gasteiger partial charge in [-0.25, -0.2) is 4.79 Å². The van der Waals surface area contributed by atoms with Crippen molar-refractivity contribution < 1.29 is 14.5 Å². The van der Waals surface area contributed by atoms with Crippen LogP contribution in [0.25, 0.3) is 0 Å². The molecule has 1 saturated heterocycles. The zero-order chi connectivity index (χ0) is 17.9. The van der Waals surface area contributed by atoms with Crippen LogP contribution in [0.4, 0.5) is 16.2 Å². The molecule has 0 saturated carbocycles. The number of anilines is 1. The molecule has 1 amide bonds. The zero-order valence-corrected chi connectivity index (χ0v) is 14.5. The number of carbonyl (C=O) groups is 1. The molecule has 2 rings (SSSR count). The van der Waals surface area contributed by atoms with Gasteiger partial charge in [0.2, 0.25) is 0 Å². The third-order valence-corrected chi connectivity index (χ3v) is 3.66. The van der Waals surface area contributed by atoms with Crippen LogP contribution in [0.15, 0.2) is 18.2 Å². The van der Waals surface area contributed by atoms with Crippen LogP contribution in [0.1, 0.15) is 26.3 Å². The van der Waals surface area contributed by atoms with Crippen molar-refractivity contribution in [1.82, 2.24) is 10.2 Å². The summed E-state index contributed by atoms with van der Waals surface area (Å²) in [5.74, 6) is 0. The van der Waals surface area contributed by atoms with E-state index in [9.17, 15) is 14.9 Å². The molecule has 0 unspecified atom stereocenters. The zero-order valence-electron chi connectivity index (χ0n) is 14.5. The number of ether oxygens (including phenoxy) is 1. The van der Waals surface area contributed by atoms with E-state index in [4.69, 9.17) is 4.74 Å². The number of benzene rings is 1. The SMILES string of the molecule is CNc1ccc(CNC2CN(C(=O)OC(C)(C)C)C2)cc1[N+](=O)[O-]. The van der Waals surface area contributed by atoms with E-state index in [2.05, 4.69) is 10.6 Å². The van der Waals surface area contributed by atoms with E-state index in [-0.39, 0.29) is 17.8 Å². The highest BCUT2D eigenvalue weighted by Crippen LogP contribution is 2.25. The van der Waals surface area contributed by atoms with Gasteiger partial charge in [-0.1, -0.05) is 6.07 Å². The maximum Gasteiger partial charge on any atom is 0.410 e. The minimum Gasteiger partial charge on any atom is -0.444 e. The second-order valence-electron chi connectivity index (χ2n) is 6.82. The molecule has 1 aromatic carbocycles. The van der Waals surface area contributed by atoms with E-state index in [1.54, 1.807) is 24.1 Å². The largest absolute Gasteiger partial charge is 0.444 e. The van der Waals surface area contributed by atoms with Crippen molar-refractivity contribution in [1.29, 1.82) is 0 Å². The number of nitrogens with zero attached hydrogens (tertiary/aromatic N) is 2. The fourth-order valence-corrected chi connectivity index (χ4v) is 2.40. The molecule has 24 heavy (non-hydrogen) atoms. The minimum atomic E-state index is -0.496. The Morgan fingerprint density at radius 2 is 2.08 bits per heavy atom. The smallest absolute Gasteiger partial charge is 0.410 e. The van der Waals surface area contributed by atoms with E-state index in [1.807, 2.05) is 26.8 Å². The van der Waals surface area contributed by atoms with Crippen LogP contribution in [-0.4, -0.2) is 47.7 Å². The second-order valence-corrected chi connectivity index (χ2v) is 6.82. The molecule has 0 aromatic heterocycles. The van der Waals surface area contributed by atoms with Crippen molar-refractivity contribution in [3.8, 4) is 0 Å². The predicted octanol–water partition coefficient (Wildman–Crippen LogP) is 2.35. The van der Waals surface area contributed by atoms with Crippen LogP contribution in [0.2, 0.25) is 0 Å². The lowest BCUT2D eigenvalue weighted by Crippen LogP contribution is -2.60. The summed E-state index contributed by atoms with van der Waals surface area (Å²) in [5, 5.41) is 17.2. The van der Waals surface area contributed by atoms with Gasteiger partial charge in [0.15, 0.2) is 0 Å². The summed E-state index contributed by atoms with van der Waals surface area (Å²) in [5.41, 5.74) is 0.879. The highest BCUT2D eigenvalue weighted by atomic mass is 16.6. The van der Waals surface area contributed by atoms with Gasteiger partial charge >= 0.3 is 6.09 Å². The quantitative estimate of drug-likeness (QED) is 0.633. The first-order valence-corrected chi connectivity index (χ1v) is 7.86. The van der Waals surface area contributed by atoms with Crippen LogP contribution in [0.3, 0.4) is 0 Å². The fourth-order valence-electron chi connectivity index (χ4n) is 2.40. The fraction of sp³-hybridized carbons (Fsp3) is 0.562. The normalized spacial score (nSPS) is 14.9. The predicted molar refractivity (Wildman–Crippen MR) is 91.1 cm³/mol. The number of nitro benzene ring substituents is 1. The number of likely N-dealkylation sites (tertiary alicyclic amines) is 1. The molecule has 132 valence electrons. The van der Waals surface area contributed by atoms with E-state index < -0.39 is 10.5 Å². The molecule has 8 heteroatoms. The molecular weight excluding hydrogens is 312 g/mol. The molecule has 0 aliphatic carbocycles. The van der Waals surface area contributed by atoms with Crippen molar-refractivity contribution in [3.63, 3.8) is 0 Å². The van der Waals surface area contributed by atoms with Gasteiger partial charge in [0.05, 0.1) is 4.92 Å². The molecule has 8 nitrogen and oxygen atoms in total. The Hall–Kier alpha value is -2.35. The highest BCUT2D eigenvalue weighted by Gasteiger charge is 2.33. The molecule has 0 atom stereocenters. The molecule has 0 bridgehead atoms. The molecule has 1 heterocycles. The number of rotatable bonds is 5. The van der Waals surface area contributed by atoms with Crippen LogP contribution in [0.5, 0.6) is 0 Å². The van der Waals surface area contributed by atoms with Crippen molar-refractivity contribution in [2.24, 2.45) is 0 Å². The highest BCUT2D eigenvalue weighted by molar-refractivity contribution is 5.69. The van der Waals surface area contributed by atoms with Crippen molar-refractivity contribution in [3.05, 3.63) is 33.9 Å². The van der Waals surface area contributed by atoms with Gasteiger partial charge in [-0.2, -0.15) is 0 Å². The van der Waals surface area contributed by atoms with Crippen LogP contribution in [-0.2, 0) is 11.3 Å². The number of nitro groups is 1. The molecule has 1 fully saturated rings. The number of amides is 1. The Morgan fingerprint density at radius 1 is 1.42 bits per heavy atom. The molecule has 1 aromatic rings. The summed E-state index contributed by atoms with van der Waals surface area (Å²) in [4.78, 5) is 24.1. The lowest BCUT2D eigenvalue weighted by atomic mass is 10.1. The first kappa shape index (κ1) is 18.0. The average Bonchev–Trinajstić information content (AvgIpc) is 2.43. The third kappa shape index (κ3) is 4.58. The topological polar surface area (TPSA) is 96.7 Å². The number of hydrogen-bond donors (Lipinski definition) is 2. The summed E-state index contributed by atoms with van der Waals surface area (Å²) < 4.78 is 5.30. The maximum atomic E-state index is 11.8. The Bertz CT molecular complexity index is 621. The summed E-state index contributed by atoms with van der Waals surface area (Å²) in [6.07, 6.45) is -0.311. The number of carbonyl (C=O) groups excluding carboxylic acids is 1. The average molecular weight is 336 g/mol. The van der Waals surface area contributed by atoms with Gasteiger partial charge in [-0.05, 0) is 32.4 Å². The lowest BCUT2D eigenvalue weighted by Gasteiger charge is -2.40. The van der Waals surface area contributed by atoms with Gasteiger partial charge < -0.3 is 20.3 Å². The van der Waals surface area contributed by atoms with Gasteiger partial charge in [0.1, 0.15) is 11.3 Å². The summed E-state index contributed by atoms with van der Waals surface area (Å²) in [6, 6.07) is 5.27. The van der Waals surface area contributed by atoms with Crippen molar-refractivity contribution in [2.75, 3.05) is 25.5 Å². The second kappa shape index (κ2) is 7.04. The van der Waals surface area contributed by atoms with Gasteiger partial charge in [0, 0.05) is 38.8 Å². The van der Waals surface area contributed by atoms with Crippen molar-refractivity contribution in [2.45, 2.75) is 39.0 Å². The van der Waals surface area contributed by atoms with Crippen LogP contribution >= 0.6 is 0 Å². The summed E-state index contributed by atoms with van der Waals surface area (Å²) in [6.45, 7) is 7.17. The Balaban J connectivity index is 1.83. The standard InChI is InChI=1S/C16H24N4O4/c1-16(2,3)24-15(21)19-9-12(10-19)18-8-11-5-6-13(17-4)14(7-11)20(22)23/h5-7,12,17-18H,8-10H2,1-4H3. The first-order valence-electron chi connectivity index (χ1n) is 7.86. The first-order chi connectivity index (χ1) is 11.2. The maximum absolute atomic E-state index is 11.8. The van der Waals surface area contributed by atoms with E-state index >= 15 is 0 Å². The van der Waals surface area contributed by atoms with Gasteiger partial charge in [0.25, 0.3) is 5.69 Å². The minimum absolute atomic E-state index is 0.0563. The van der Waals surface area contributed by atoms with E-state index in [1.165, 1.54) is 0 Å². The molecule has 2 N–H and O–H groups in total. The molecule has 0 spiro atoms. The van der Waals surface area contributed by atoms with E-state index in [0.29, 0.717) is 25.3 Å².